The van der Waals surface area contributed by atoms with Crippen molar-refractivity contribution in [3.8, 4) is 0 Å². The number of likely N-dealkylation sites (tertiary alicyclic amines) is 1. The van der Waals surface area contributed by atoms with Gasteiger partial charge in [-0.25, -0.2) is 14.6 Å². The monoisotopic (exact) mass is 344 g/mol. The van der Waals surface area contributed by atoms with E-state index in [1.807, 2.05) is 10.3 Å². The van der Waals surface area contributed by atoms with Crippen molar-refractivity contribution in [1.29, 1.82) is 0 Å². The van der Waals surface area contributed by atoms with Crippen molar-refractivity contribution in [1.82, 2.24) is 14.5 Å². The fourth-order valence-electron chi connectivity index (χ4n) is 3.07. The van der Waals surface area contributed by atoms with E-state index in [1.165, 1.54) is 4.57 Å². The van der Waals surface area contributed by atoms with Crippen LogP contribution in [0.2, 0.25) is 0 Å². The summed E-state index contributed by atoms with van der Waals surface area (Å²) in [6, 6.07) is 5.05. The van der Waals surface area contributed by atoms with Gasteiger partial charge in [-0.2, -0.15) is 0 Å². The van der Waals surface area contributed by atoms with Crippen LogP contribution in [-0.4, -0.2) is 27.0 Å². The number of carbonyl (C=O) groups is 1. The molecule has 7 nitrogen and oxygen atoms in total. The molecular formula is C16H16N4O3S. The largest absolute Gasteiger partial charge is 0.419 e. The Kier molecular flexibility index (Phi) is 3.61. The number of oxazole rings is 1. The first-order valence-electron chi connectivity index (χ1n) is 7.70. The fraction of sp³-hybridized carbons (Fsp3) is 0.312. The zero-order valence-corrected chi connectivity index (χ0v) is 13.9. The van der Waals surface area contributed by atoms with Gasteiger partial charge in [-0.1, -0.05) is 0 Å². The van der Waals surface area contributed by atoms with Gasteiger partial charge in [0.15, 0.2) is 5.58 Å². The first-order valence-corrected chi connectivity index (χ1v) is 8.58. The molecule has 0 aliphatic carbocycles. The summed E-state index contributed by atoms with van der Waals surface area (Å²) >= 11 is 1.57. The van der Waals surface area contributed by atoms with Gasteiger partial charge in [-0.15, -0.1) is 11.3 Å². The summed E-state index contributed by atoms with van der Waals surface area (Å²) < 4.78 is 6.52. The molecule has 1 fully saturated rings. The summed E-state index contributed by atoms with van der Waals surface area (Å²) in [5, 5.41) is 5.81. The molecule has 2 amide bonds. The number of rotatable bonds is 2. The van der Waals surface area contributed by atoms with E-state index in [1.54, 1.807) is 42.8 Å². The number of nitrogens with zero attached hydrogens (tertiary/aromatic N) is 3. The Labute approximate surface area is 141 Å². The maximum Gasteiger partial charge on any atom is 0.419 e. The minimum atomic E-state index is -0.420. The first kappa shape index (κ1) is 14.9. The average Bonchev–Trinajstić information content (AvgIpc) is 3.29. The Balaban J connectivity index is 1.57. The third-order valence-electron chi connectivity index (χ3n) is 4.29. The second kappa shape index (κ2) is 5.79. The molecule has 1 aliphatic heterocycles. The summed E-state index contributed by atoms with van der Waals surface area (Å²) in [7, 11) is 1.64. The predicted molar refractivity (Wildman–Crippen MR) is 91.3 cm³/mol. The molecule has 1 aromatic carbocycles. The van der Waals surface area contributed by atoms with Crippen molar-refractivity contribution in [3.05, 3.63) is 45.3 Å². The number of amides is 2. The molecular weight excluding hydrogens is 328 g/mol. The maximum atomic E-state index is 12.6. The number of benzene rings is 1. The summed E-state index contributed by atoms with van der Waals surface area (Å²) in [6.45, 7) is 0.711. The minimum Gasteiger partial charge on any atom is -0.408 e. The highest BCUT2D eigenvalue weighted by Gasteiger charge is 2.31. The van der Waals surface area contributed by atoms with Gasteiger partial charge in [0.1, 0.15) is 5.01 Å². The van der Waals surface area contributed by atoms with Crippen molar-refractivity contribution in [2.75, 3.05) is 11.9 Å². The molecule has 0 saturated carbocycles. The highest BCUT2D eigenvalue weighted by atomic mass is 32.1. The molecule has 3 heterocycles. The molecule has 2 aromatic heterocycles. The van der Waals surface area contributed by atoms with Crippen molar-refractivity contribution in [2.45, 2.75) is 18.9 Å². The minimum absolute atomic E-state index is 0.0343. The van der Waals surface area contributed by atoms with Gasteiger partial charge in [-0.3, -0.25) is 4.57 Å². The van der Waals surface area contributed by atoms with E-state index in [0.717, 1.165) is 17.8 Å². The van der Waals surface area contributed by atoms with E-state index in [2.05, 4.69) is 10.3 Å². The number of nitrogens with one attached hydrogen (secondary N) is 1. The van der Waals surface area contributed by atoms with Gasteiger partial charge < -0.3 is 14.6 Å². The summed E-state index contributed by atoms with van der Waals surface area (Å²) in [4.78, 5) is 30.4. The Hall–Kier alpha value is -2.61. The number of carbonyl (C=O) groups excluding carboxylic acids is 1. The second-order valence-corrected chi connectivity index (χ2v) is 6.69. The average molecular weight is 344 g/mol. The van der Waals surface area contributed by atoms with E-state index < -0.39 is 5.76 Å². The van der Waals surface area contributed by atoms with Crippen molar-refractivity contribution in [3.63, 3.8) is 0 Å². The lowest BCUT2D eigenvalue weighted by molar-refractivity contribution is 0.207. The van der Waals surface area contributed by atoms with Crippen LogP contribution in [0.25, 0.3) is 11.1 Å². The molecule has 0 unspecified atom stereocenters. The molecule has 0 spiro atoms. The van der Waals surface area contributed by atoms with Crippen LogP contribution >= 0.6 is 11.3 Å². The standard InChI is InChI=1S/C16H16N4O3S/c1-19-12-9-10(4-5-13(12)23-16(19)22)18-15(21)20-7-2-3-11(20)14-17-6-8-24-14/h4-6,8-9,11H,2-3,7H2,1H3,(H,18,21)/t11-/m0/s1. The quantitative estimate of drug-likeness (QED) is 0.775. The lowest BCUT2D eigenvalue weighted by Gasteiger charge is -2.23. The number of thiazole rings is 1. The number of aryl methyl sites for hydroxylation is 1. The van der Waals surface area contributed by atoms with Crippen LogP contribution in [0.5, 0.6) is 0 Å². The molecule has 0 radical (unpaired) electrons. The van der Waals surface area contributed by atoms with Gasteiger partial charge in [0.25, 0.3) is 0 Å². The van der Waals surface area contributed by atoms with Gasteiger partial charge >= 0.3 is 11.8 Å². The van der Waals surface area contributed by atoms with E-state index in [9.17, 15) is 9.59 Å². The molecule has 8 heteroatoms. The van der Waals surface area contributed by atoms with Gasteiger partial charge in [-0.05, 0) is 31.0 Å². The molecule has 1 aliphatic rings. The Morgan fingerprint density at radius 2 is 2.33 bits per heavy atom. The van der Waals surface area contributed by atoms with E-state index in [0.29, 0.717) is 23.3 Å². The first-order chi connectivity index (χ1) is 11.6. The van der Waals surface area contributed by atoms with E-state index in [-0.39, 0.29) is 12.1 Å². The second-order valence-electron chi connectivity index (χ2n) is 5.76. The molecule has 0 bridgehead atoms. The lowest BCUT2D eigenvalue weighted by atomic mass is 10.2. The summed E-state index contributed by atoms with van der Waals surface area (Å²) in [5.41, 5.74) is 1.78. The maximum absolute atomic E-state index is 12.6. The predicted octanol–water partition coefficient (Wildman–Crippen LogP) is 2.96. The van der Waals surface area contributed by atoms with Crippen LogP contribution in [-0.2, 0) is 7.05 Å². The Morgan fingerprint density at radius 3 is 3.12 bits per heavy atom. The number of hydrogen-bond donors (Lipinski definition) is 1. The zero-order chi connectivity index (χ0) is 16.7. The van der Waals surface area contributed by atoms with Crippen LogP contribution in [0.4, 0.5) is 10.5 Å². The van der Waals surface area contributed by atoms with Gasteiger partial charge in [0, 0.05) is 30.9 Å². The summed E-state index contributed by atoms with van der Waals surface area (Å²) in [6.07, 6.45) is 3.66. The molecule has 1 N–H and O–H groups in total. The fourth-order valence-corrected chi connectivity index (χ4v) is 3.85. The molecule has 4 rings (SSSR count). The number of hydrogen-bond acceptors (Lipinski definition) is 5. The highest BCUT2D eigenvalue weighted by molar-refractivity contribution is 7.09. The topological polar surface area (TPSA) is 80.4 Å². The van der Waals surface area contributed by atoms with E-state index in [4.69, 9.17) is 4.42 Å². The van der Waals surface area contributed by atoms with Gasteiger partial charge in [0.2, 0.25) is 0 Å². The number of urea groups is 1. The van der Waals surface area contributed by atoms with Crippen molar-refractivity contribution >= 4 is 34.2 Å². The molecule has 124 valence electrons. The number of anilines is 1. The molecule has 1 saturated heterocycles. The Bertz CT molecular complexity index is 944. The van der Waals surface area contributed by atoms with Crippen molar-refractivity contribution < 1.29 is 9.21 Å². The Morgan fingerprint density at radius 1 is 1.46 bits per heavy atom. The van der Waals surface area contributed by atoms with E-state index >= 15 is 0 Å². The highest BCUT2D eigenvalue weighted by Crippen LogP contribution is 2.33. The number of fused-ring (bicyclic) bond motifs is 1. The third kappa shape index (κ3) is 2.48. The normalized spacial score (nSPS) is 17.5. The number of aromatic nitrogens is 2. The van der Waals surface area contributed by atoms with Crippen LogP contribution in [0.15, 0.2) is 39.0 Å². The van der Waals surface area contributed by atoms with Crippen LogP contribution < -0.4 is 11.1 Å². The molecule has 24 heavy (non-hydrogen) atoms. The van der Waals surface area contributed by atoms with Crippen LogP contribution in [0.1, 0.15) is 23.9 Å². The van der Waals surface area contributed by atoms with Gasteiger partial charge in [0.05, 0.1) is 11.6 Å². The van der Waals surface area contributed by atoms with Crippen molar-refractivity contribution in [2.24, 2.45) is 7.05 Å². The smallest absolute Gasteiger partial charge is 0.408 e. The third-order valence-corrected chi connectivity index (χ3v) is 5.17. The zero-order valence-electron chi connectivity index (χ0n) is 13.1. The SMILES string of the molecule is Cn1c(=O)oc2ccc(NC(=O)N3CCC[C@H]3c3nccs3)cc21. The lowest BCUT2D eigenvalue weighted by Crippen LogP contribution is -2.34. The molecule has 1 atom stereocenters. The summed E-state index contributed by atoms with van der Waals surface area (Å²) in [5.74, 6) is -0.420. The molecule has 3 aromatic rings. The van der Waals surface area contributed by atoms with Crippen LogP contribution in [0.3, 0.4) is 0 Å². The van der Waals surface area contributed by atoms with Crippen LogP contribution in [0, 0.1) is 0 Å².